The van der Waals surface area contributed by atoms with Gasteiger partial charge in [0.2, 0.25) is 0 Å². The van der Waals surface area contributed by atoms with Crippen LogP contribution in [-0.4, -0.2) is 16.3 Å². The predicted molar refractivity (Wildman–Crippen MR) is 76.4 cm³/mol. The zero-order chi connectivity index (χ0) is 15.6. The van der Waals surface area contributed by atoms with Gasteiger partial charge in [0.05, 0.1) is 5.69 Å². The molecular weight excluding hydrogens is 300 g/mol. The molecule has 0 aliphatic rings. The van der Waals surface area contributed by atoms with Crippen molar-refractivity contribution in [3.05, 3.63) is 45.7 Å². The lowest BCUT2D eigenvalue weighted by Gasteiger charge is -2.10. The quantitative estimate of drug-likeness (QED) is 0.923. The Bertz CT molecular complexity index is 635. The van der Waals surface area contributed by atoms with Crippen molar-refractivity contribution in [2.24, 2.45) is 12.8 Å². The highest BCUT2D eigenvalue weighted by Gasteiger charge is 2.16. The van der Waals surface area contributed by atoms with Gasteiger partial charge in [-0.2, -0.15) is 5.10 Å². The molecule has 2 rings (SSSR count). The van der Waals surface area contributed by atoms with E-state index in [9.17, 15) is 8.78 Å². The van der Waals surface area contributed by atoms with Gasteiger partial charge in [-0.3, -0.25) is 4.68 Å². The summed E-state index contributed by atoms with van der Waals surface area (Å²) in [5, 5.41) is 4.49. The van der Waals surface area contributed by atoms with E-state index >= 15 is 0 Å². The van der Waals surface area contributed by atoms with Crippen molar-refractivity contribution in [3.63, 3.8) is 0 Å². The number of aromatic nitrogens is 2. The van der Waals surface area contributed by atoms with Crippen molar-refractivity contribution in [3.8, 4) is 5.75 Å². The van der Waals surface area contributed by atoms with Crippen LogP contribution in [-0.2, 0) is 20.1 Å². The molecule has 0 bridgehead atoms. The molecule has 0 atom stereocenters. The summed E-state index contributed by atoms with van der Waals surface area (Å²) in [5.41, 5.74) is 7.12. The van der Waals surface area contributed by atoms with Gasteiger partial charge in [0, 0.05) is 12.6 Å². The van der Waals surface area contributed by atoms with Crippen molar-refractivity contribution in [1.82, 2.24) is 9.78 Å². The first-order valence-electron chi connectivity index (χ1n) is 6.42. The Kier molecular flexibility index (Phi) is 4.80. The number of nitrogens with two attached hydrogens (primary N) is 1. The Hall–Kier alpha value is -1.66. The van der Waals surface area contributed by atoms with Gasteiger partial charge in [0.1, 0.15) is 11.8 Å². The van der Waals surface area contributed by atoms with Crippen LogP contribution in [0.5, 0.6) is 5.75 Å². The molecule has 0 spiro atoms. The van der Waals surface area contributed by atoms with Crippen molar-refractivity contribution in [2.45, 2.75) is 20.0 Å². The van der Waals surface area contributed by atoms with E-state index in [-0.39, 0.29) is 6.61 Å². The number of aryl methyl sites for hydroxylation is 2. The molecule has 0 aliphatic heterocycles. The van der Waals surface area contributed by atoms with Gasteiger partial charge in [-0.25, -0.2) is 8.78 Å². The van der Waals surface area contributed by atoms with Crippen LogP contribution in [0.25, 0.3) is 0 Å². The lowest BCUT2D eigenvalue weighted by Crippen LogP contribution is -2.06. The summed E-state index contributed by atoms with van der Waals surface area (Å²) in [7, 11) is 1.68. The summed E-state index contributed by atoms with van der Waals surface area (Å²) in [6.07, 6.45) is 0.404. The molecule has 0 unspecified atom stereocenters. The molecule has 0 saturated heterocycles. The normalized spacial score (nSPS) is 11.0. The molecule has 1 aromatic carbocycles. The van der Waals surface area contributed by atoms with Crippen LogP contribution in [0.2, 0.25) is 5.15 Å². The number of benzene rings is 1. The number of rotatable bonds is 5. The second-order valence-electron chi connectivity index (χ2n) is 4.69. The molecule has 4 nitrogen and oxygen atoms in total. The highest BCUT2D eigenvalue weighted by atomic mass is 35.5. The number of ether oxygens (including phenoxy) is 1. The van der Waals surface area contributed by atoms with Gasteiger partial charge in [0.15, 0.2) is 17.4 Å². The van der Waals surface area contributed by atoms with Crippen molar-refractivity contribution < 1.29 is 13.5 Å². The fourth-order valence-electron chi connectivity index (χ4n) is 2.04. The summed E-state index contributed by atoms with van der Waals surface area (Å²) in [6.45, 7) is 2.02. The smallest absolute Gasteiger partial charge is 0.191 e. The molecule has 0 amide bonds. The lowest BCUT2D eigenvalue weighted by atomic mass is 10.1. The van der Waals surface area contributed by atoms with E-state index < -0.39 is 17.4 Å². The molecule has 2 aromatic rings. The molecule has 2 N–H and O–H groups in total. The van der Waals surface area contributed by atoms with E-state index in [1.165, 1.54) is 16.8 Å². The lowest BCUT2D eigenvalue weighted by molar-refractivity contribution is 0.273. The van der Waals surface area contributed by atoms with E-state index in [4.69, 9.17) is 22.1 Å². The Balaban J connectivity index is 2.20. The van der Waals surface area contributed by atoms with Gasteiger partial charge in [0.25, 0.3) is 0 Å². The maximum Gasteiger partial charge on any atom is 0.191 e. The number of halogens is 3. The van der Waals surface area contributed by atoms with Crippen LogP contribution in [0, 0.1) is 18.6 Å². The summed E-state index contributed by atoms with van der Waals surface area (Å²) in [5.74, 6) is -1.93. The van der Waals surface area contributed by atoms with Gasteiger partial charge in [-0.05, 0) is 37.6 Å². The maximum absolute atomic E-state index is 13.9. The van der Waals surface area contributed by atoms with Gasteiger partial charge < -0.3 is 10.5 Å². The topological polar surface area (TPSA) is 53.1 Å². The first-order chi connectivity index (χ1) is 9.93. The molecule has 7 heteroatoms. The molecular formula is C14H16ClF2N3O. The molecule has 0 radical (unpaired) electrons. The van der Waals surface area contributed by atoms with E-state index in [2.05, 4.69) is 5.10 Å². The van der Waals surface area contributed by atoms with Crippen LogP contribution >= 0.6 is 11.6 Å². The summed E-state index contributed by atoms with van der Waals surface area (Å²) >= 11 is 6.05. The van der Waals surface area contributed by atoms with E-state index in [0.717, 1.165) is 0 Å². The van der Waals surface area contributed by atoms with Crippen LogP contribution in [0.3, 0.4) is 0 Å². The first kappa shape index (κ1) is 15.7. The monoisotopic (exact) mass is 315 g/mol. The number of nitrogens with zero attached hydrogens (tertiary/aromatic N) is 2. The summed E-state index contributed by atoms with van der Waals surface area (Å²) in [6, 6.07) is 2.45. The van der Waals surface area contributed by atoms with Gasteiger partial charge >= 0.3 is 0 Å². The average molecular weight is 316 g/mol. The Morgan fingerprint density at radius 3 is 2.43 bits per heavy atom. The molecule has 1 aromatic heterocycles. The molecule has 0 aliphatic carbocycles. The first-order valence-corrected chi connectivity index (χ1v) is 6.80. The molecule has 0 saturated carbocycles. The molecule has 114 valence electrons. The fourth-order valence-corrected chi connectivity index (χ4v) is 2.27. The van der Waals surface area contributed by atoms with Crippen LogP contribution in [0.1, 0.15) is 16.8 Å². The zero-order valence-corrected chi connectivity index (χ0v) is 12.5. The van der Waals surface area contributed by atoms with Gasteiger partial charge in [-0.1, -0.05) is 11.6 Å². The third-order valence-electron chi connectivity index (χ3n) is 3.12. The van der Waals surface area contributed by atoms with Crippen LogP contribution in [0.15, 0.2) is 12.1 Å². The van der Waals surface area contributed by atoms with Crippen molar-refractivity contribution >= 4 is 11.6 Å². The zero-order valence-electron chi connectivity index (χ0n) is 11.8. The highest BCUT2D eigenvalue weighted by Crippen LogP contribution is 2.26. The summed E-state index contributed by atoms with van der Waals surface area (Å²) in [4.78, 5) is 0. The Morgan fingerprint density at radius 1 is 1.33 bits per heavy atom. The maximum atomic E-state index is 13.9. The molecule has 21 heavy (non-hydrogen) atoms. The largest absolute Gasteiger partial charge is 0.483 e. The van der Waals surface area contributed by atoms with Gasteiger partial charge in [-0.15, -0.1) is 0 Å². The minimum absolute atomic E-state index is 0.0530. The second kappa shape index (κ2) is 6.41. The predicted octanol–water partition coefficient (Wildman–Crippen LogP) is 2.74. The highest BCUT2D eigenvalue weighted by molar-refractivity contribution is 6.30. The fraction of sp³-hybridized carbons (Fsp3) is 0.357. The second-order valence-corrected chi connectivity index (χ2v) is 5.05. The number of hydrogen-bond acceptors (Lipinski definition) is 3. The number of hydrogen-bond donors (Lipinski definition) is 1. The molecule has 1 heterocycles. The average Bonchev–Trinajstić information content (AvgIpc) is 2.64. The van der Waals surface area contributed by atoms with Crippen molar-refractivity contribution in [1.29, 1.82) is 0 Å². The van der Waals surface area contributed by atoms with Crippen LogP contribution < -0.4 is 10.5 Å². The summed E-state index contributed by atoms with van der Waals surface area (Å²) < 4.78 is 34.5. The third-order valence-corrected chi connectivity index (χ3v) is 3.59. The standard InChI is InChI=1S/C14H16ClF2N3O/c1-8-10(14(15)20(2)19-8)7-21-13-11(16)5-9(3-4-18)6-12(13)17/h5-6H,3-4,7,18H2,1-2H3. The van der Waals surface area contributed by atoms with Crippen molar-refractivity contribution in [2.75, 3.05) is 6.54 Å². The minimum Gasteiger partial charge on any atom is -0.483 e. The van der Waals surface area contributed by atoms with E-state index in [1.54, 1.807) is 14.0 Å². The Labute approximate surface area is 126 Å². The van der Waals surface area contributed by atoms with E-state index in [0.29, 0.717) is 34.9 Å². The third kappa shape index (κ3) is 3.33. The van der Waals surface area contributed by atoms with E-state index in [1.807, 2.05) is 0 Å². The minimum atomic E-state index is -0.754. The van der Waals surface area contributed by atoms with Crippen LogP contribution in [0.4, 0.5) is 8.78 Å². The molecule has 0 fully saturated rings. The SMILES string of the molecule is Cc1nn(C)c(Cl)c1COc1c(F)cc(CCN)cc1F. The Morgan fingerprint density at radius 2 is 1.95 bits per heavy atom.